The van der Waals surface area contributed by atoms with Gasteiger partial charge in [-0.1, -0.05) is 6.07 Å². The molecule has 1 aliphatic rings. The van der Waals surface area contributed by atoms with Gasteiger partial charge in [0.15, 0.2) is 5.69 Å². The smallest absolute Gasteiger partial charge is 0.276 e. The van der Waals surface area contributed by atoms with Crippen LogP contribution in [0.15, 0.2) is 36.5 Å². The number of carbonyl (C=O) groups is 2. The molecule has 4 rings (SSSR count). The van der Waals surface area contributed by atoms with Crippen molar-refractivity contribution in [3.8, 4) is 5.69 Å². The van der Waals surface area contributed by atoms with E-state index < -0.39 is 5.91 Å². The lowest BCUT2D eigenvalue weighted by atomic mass is 9.95. The summed E-state index contributed by atoms with van der Waals surface area (Å²) in [7, 11) is 1.63. The first-order chi connectivity index (χ1) is 15.6. The molecule has 0 spiro atoms. The lowest BCUT2D eigenvalue weighted by Crippen LogP contribution is -2.27. The Bertz CT molecular complexity index is 1120. The quantitative estimate of drug-likeness (QED) is 0.503. The Morgan fingerprint density at radius 2 is 2.06 bits per heavy atom. The molecule has 32 heavy (non-hydrogen) atoms. The molecule has 0 bridgehead atoms. The van der Waals surface area contributed by atoms with Gasteiger partial charge in [-0.25, -0.2) is 9.07 Å². The van der Waals surface area contributed by atoms with Crippen molar-refractivity contribution < 1.29 is 18.7 Å². The molecule has 0 unspecified atom stereocenters. The molecule has 1 aliphatic carbocycles. The third-order valence-corrected chi connectivity index (χ3v) is 6.54. The van der Waals surface area contributed by atoms with Gasteiger partial charge in [-0.3, -0.25) is 9.59 Å². The van der Waals surface area contributed by atoms with Gasteiger partial charge in [0.25, 0.3) is 11.8 Å². The number of anilines is 1. The molecule has 2 amide bonds. The Morgan fingerprint density at radius 1 is 1.22 bits per heavy atom. The Labute approximate surface area is 189 Å². The highest BCUT2D eigenvalue weighted by Crippen LogP contribution is 2.38. The minimum absolute atomic E-state index is 0.180. The van der Waals surface area contributed by atoms with Gasteiger partial charge >= 0.3 is 0 Å². The van der Waals surface area contributed by atoms with Crippen molar-refractivity contribution in [1.29, 1.82) is 0 Å². The molecule has 0 fully saturated rings. The summed E-state index contributed by atoms with van der Waals surface area (Å²) in [4.78, 5) is 27.0. The number of amides is 2. The van der Waals surface area contributed by atoms with Crippen LogP contribution >= 0.6 is 11.3 Å². The van der Waals surface area contributed by atoms with Crippen LogP contribution in [0.25, 0.3) is 5.69 Å². The van der Waals surface area contributed by atoms with E-state index in [-0.39, 0.29) is 17.4 Å². The third-order valence-electron chi connectivity index (χ3n) is 5.33. The minimum atomic E-state index is -0.410. The summed E-state index contributed by atoms with van der Waals surface area (Å²) < 4.78 is 20.0. The molecule has 0 aliphatic heterocycles. The number of aromatic nitrogens is 2. The van der Waals surface area contributed by atoms with E-state index in [0.717, 1.165) is 36.1 Å². The van der Waals surface area contributed by atoms with Gasteiger partial charge in [0.2, 0.25) is 0 Å². The second-order valence-electron chi connectivity index (χ2n) is 7.60. The number of methoxy groups -OCH3 is 1. The molecule has 0 atom stereocenters. The van der Waals surface area contributed by atoms with E-state index in [1.807, 2.05) is 0 Å². The fourth-order valence-corrected chi connectivity index (χ4v) is 5.06. The fourth-order valence-electron chi connectivity index (χ4n) is 3.78. The largest absolute Gasteiger partial charge is 0.385 e. The molecular formula is C23H25FN4O3S. The first-order valence-corrected chi connectivity index (χ1v) is 11.4. The SMILES string of the molecule is COCCCNC(=O)c1c(NC(=O)c2ccn(-c3cccc(F)c3)n2)sc2c1CCCC2. The average molecular weight is 457 g/mol. The zero-order valence-electron chi connectivity index (χ0n) is 17.8. The molecule has 0 saturated carbocycles. The number of hydrogen-bond donors (Lipinski definition) is 2. The van der Waals surface area contributed by atoms with Gasteiger partial charge in [-0.2, -0.15) is 5.10 Å². The summed E-state index contributed by atoms with van der Waals surface area (Å²) in [5.41, 5.74) is 2.30. The van der Waals surface area contributed by atoms with Crippen molar-refractivity contribution >= 4 is 28.2 Å². The second kappa shape index (κ2) is 10.1. The molecular weight excluding hydrogens is 431 g/mol. The molecule has 2 aromatic heterocycles. The van der Waals surface area contributed by atoms with E-state index in [1.54, 1.807) is 31.5 Å². The predicted molar refractivity (Wildman–Crippen MR) is 121 cm³/mol. The zero-order valence-corrected chi connectivity index (χ0v) is 18.6. The number of hydrogen-bond acceptors (Lipinski definition) is 5. The van der Waals surface area contributed by atoms with Crippen molar-refractivity contribution in [2.75, 3.05) is 25.6 Å². The lowest BCUT2D eigenvalue weighted by molar-refractivity contribution is 0.0948. The summed E-state index contributed by atoms with van der Waals surface area (Å²) in [5.74, 6) is -0.970. The Morgan fingerprint density at radius 3 is 2.88 bits per heavy atom. The average Bonchev–Trinajstić information content (AvgIpc) is 3.41. The van der Waals surface area contributed by atoms with E-state index in [2.05, 4.69) is 15.7 Å². The Kier molecular flexibility index (Phi) is 6.96. The standard InChI is InChI=1S/C23H25FN4O3S/c1-31-13-5-11-25-22(30)20-17-8-2-3-9-19(17)32-23(20)26-21(29)18-10-12-28(27-18)16-7-4-6-15(24)14-16/h4,6-7,10,12,14H,2-3,5,8-9,11,13H2,1H3,(H,25,30)(H,26,29). The number of thiophene rings is 1. The topological polar surface area (TPSA) is 85.3 Å². The number of nitrogens with zero attached hydrogens (tertiary/aromatic N) is 2. The van der Waals surface area contributed by atoms with Crippen LogP contribution in [-0.2, 0) is 17.6 Å². The maximum Gasteiger partial charge on any atom is 0.276 e. The van der Waals surface area contributed by atoms with Crippen LogP contribution in [0, 0.1) is 5.82 Å². The highest BCUT2D eigenvalue weighted by Gasteiger charge is 2.26. The molecule has 168 valence electrons. The van der Waals surface area contributed by atoms with E-state index in [4.69, 9.17) is 4.74 Å². The van der Waals surface area contributed by atoms with Crippen LogP contribution in [0.4, 0.5) is 9.39 Å². The third kappa shape index (κ3) is 4.89. The van der Waals surface area contributed by atoms with E-state index in [0.29, 0.717) is 35.8 Å². The number of halogens is 1. The van der Waals surface area contributed by atoms with Crippen LogP contribution in [0.1, 0.15) is 50.5 Å². The van der Waals surface area contributed by atoms with E-state index in [9.17, 15) is 14.0 Å². The normalized spacial score (nSPS) is 12.9. The van der Waals surface area contributed by atoms with Crippen molar-refractivity contribution in [3.05, 3.63) is 64.0 Å². The first-order valence-electron chi connectivity index (χ1n) is 10.6. The van der Waals surface area contributed by atoms with Crippen molar-refractivity contribution in [1.82, 2.24) is 15.1 Å². The number of carbonyl (C=O) groups excluding carboxylic acids is 2. The fraction of sp³-hybridized carbons (Fsp3) is 0.348. The van der Waals surface area contributed by atoms with Gasteiger partial charge in [-0.15, -0.1) is 11.3 Å². The van der Waals surface area contributed by atoms with Crippen LogP contribution in [-0.4, -0.2) is 41.9 Å². The molecule has 0 saturated heterocycles. The van der Waals surface area contributed by atoms with Crippen LogP contribution in [0.5, 0.6) is 0 Å². The van der Waals surface area contributed by atoms with Crippen LogP contribution in [0.2, 0.25) is 0 Å². The van der Waals surface area contributed by atoms with Gasteiger partial charge in [0, 0.05) is 31.3 Å². The van der Waals surface area contributed by atoms with E-state index in [1.165, 1.54) is 28.2 Å². The summed E-state index contributed by atoms with van der Waals surface area (Å²) >= 11 is 1.46. The van der Waals surface area contributed by atoms with Crippen molar-refractivity contribution in [3.63, 3.8) is 0 Å². The Hall–Kier alpha value is -3.04. The molecule has 2 heterocycles. The van der Waals surface area contributed by atoms with Gasteiger partial charge in [-0.05, 0) is 61.9 Å². The van der Waals surface area contributed by atoms with E-state index >= 15 is 0 Å². The number of fused-ring (bicyclic) bond motifs is 1. The highest BCUT2D eigenvalue weighted by atomic mass is 32.1. The minimum Gasteiger partial charge on any atom is -0.385 e. The molecule has 3 aromatic rings. The van der Waals surface area contributed by atoms with Gasteiger partial charge in [0.1, 0.15) is 10.8 Å². The second-order valence-corrected chi connectivity index (χ2v) is 8.70. The molecule has 7 nitrogen and oxygen atoms in total. The van der Waals surface area contributed by atoms with Crippen molar-refractivity contribution in [2.45, 2.75) is 32.1 Å². The van der Waals surface area contributed by atoms with Gasteiger partial charge < -0.3 is 15.4 Å². The van der Waals surface area contributed by atoms with Crippen LogP contribution < -0.4 is 10.6 Å². The first kappa shape index (κ1) is 22.2. The molecule has 9 heteroatoms. The number of rotatable bonds is 8. The number of aryl methyl sites for hydroxylation is 1. The molecule has 2 N–H and O–H groups in total. The Balaban J connectivity index is 1.54. The lowest BCUT2D eigenvalue weighted by Gasteiger charge is -2.13. The summed E-state index contributed by atoms with van der Waals surface area (Å²) in [6.45, 7) is 1.07. The summed E-state index contributed by atoms with van der Waals surface area (Å²) in [5, 5.41) is 10.6. The van der Waals surface area contributed by atoms with Crippen LogP contribution in [0.3, 0.4) is 0 Å². The predicted octanol–water partition coefficient (Wildman–Crippen LogP) is 3.97. The maximum absolute atomic E-state index is 13.5. The molecule has 1 aromatic carbocycles. The number of ether oxygens (including phenoxy) is 1. The number of benzene rings is 1. The number of nitrogens with one attached hydrogen (secondary N) is 2. The highest BCUT2D eigenvalue weighted by molar-refractivity contribution is 7.17. The zero-order chi connectivity index (χ0) is 22.5. The van der Waals surface area contributed by atoms with Gasteiger partial charge in [0.05, 0.1) is 11.3 Å². The summed E-state index contributed by atoms with van der Waals surface area (Å²) in [6, 6.07) is 7.55. The monoisotopic (exact) mass is 456 g/mol. The molecule has 0 radical (unpaired) electrons. The maximum atomic E-state index is 13.5. The van der Waals surface area contributed by atoms with Crippen molar-refractivity contribution in [2.24, 2.45) is 0 Å². The summed E-state index contributed by atoms with van der Waals surface area (Å²) in [6.07, 6.45) is 6.16.